The number of nitrogens with zero attached hydrogens (tertiary/aromatic N) is 1. The molecule has 2 atom stereocenters. The molecular weight excluding hydrogens is 230 g/mol. The summed E-state index contributed by atoms with van der Waals surface area (Å²) in [7, 11) is 0. The third-order valence-electron chi connectivity index (χ3n) is 3.79. The number of benzene rings is 1. The van der Waals surface area contributed by atoms with Crippen molar-refractivity contribution in [2.75, 3.05) is 0 Å². The summed E-state index contributed by atoms with van der Waals surface area (Å²) in [4.78, 5) is 0. The second kappa shape index (κ2) is 6.07. The van der Waals surface area contributed by atoms with Crippen molar-refractivity contribution in [1.29, 1.82) is 5.26 Å². The molecule has 90 valence electrons. The lowest BCUT2D eigenvalue weighted by Crippen LogP contribution is -2.11. The van der Waals surface area contributed by atoms with Crippen molar-refractivity contribution in [2.45, 2.75) is 44.4 Å². The molecule has 1 saturated carbocycles. The van der Waals surface area contributed by atoms with E-state index in [9.17, 15) is 0 Å². The Kier molecular flexibility index (Phi) is 4.45. The summed E-state index contributed by atoms with van der Waals surface area (Å²) < 4.78 is 0. The minimum Gasteiger partial charge on any atom is -0.198 e. The van der Waals surface area contributed by atoms with Crippen molar-refractivity contribution < 1.29 is 0 Å². The first-order valence-corrected chi connectivity index (χ1v) is 6.81. The minimum absolute atomic E-state index is 0.515. The number of halogens is 1. The van der Waals surface area contributed by atoms with Crippen molar-refractivity contribution in [1.82, 2.24) is 0 Å². The Balaban J connectivity index is 2.22. The van der Waals surface area contributed by atoms with E-state index in [0.29, 0.717) is 18.3 Å². The zero-order valence-electron chi connectivity index (χ0n) is 10.0. The van der Waals surface area contributed by atoms with Crippen LogP contribution in [0.3, 0.4) is 0 Å². The van der Waals surface area contributed by atoms with Gasteiger partial charge in [0.1, 0.15) is 0 Å². The minimum atomic E-state index is 0.515. The van der Waals surface area contributed by atoms with Gasteiger partial charge < -0.3 is 0 Å². The summed E-state index contributed by atoms with van der Waals surface area (Å²) in [6, 6.07) is 10.5. The highest BCUT2D eigenvalue weighted by Crippen LogP contribution is 2.38. The smallest absolute Gasteiger partial charge is 0.0624 e. The lowest BCUT2D eigenvalue weighted by atomic mass is 9.81. The summed E-state index contributed by atoms with van der Waals surface area (Å²) in [6.07, 6.45) is 6.91. The Bertz CT molecular complexity index is 408. The van der Waals surface area contributed by atoms with Gasteiger partial charge in [0.15, 0.2) is 0 Å². The number of nitriles is 1. The molecule has 1 nitrogen and oxygen atoms in total. The molecule has 2 rings (SSSR count). The molecule has 17 heavy (non-hydrogen) atoms. The molecule has 0 saturated heterocycles. The van der Waals surface area contributed by atoms with Crippen LogP contribution >= 0.6 is 11.6 Å². The van der Waals surface area contributed by atoms with Gasteiger partial charge in [-0.15, -0.1) is 0 Å². The van der Waals surface area contributed by atoms with Gasteiger partial charge in [-0.2, -0.15) is 5.26 Å². The molecule has 0 bridgehead atoms. The Labute approximate surface area is 108 Å². The number of hydrogen-bond donors (Lipinski definition) is 0. The maximum atomic E-state index is 8.95. The summed E-state index contributed by atoms with van der Waals surface area (Å²) >= 11 is 6.06. The first kappa shape index (κ1) is 12.5. The van der Waals surface area contributed by atoms with Crippen LogP contribution in [0.15, 0.2) is 24.3 Å². The highest BCUT2D eigenvalue weighted by Gasteiger charge is 2.24. The van der Waals surface area contributed by atoms with Crippen molar-refractivity contribution in [3.63, 3.8) is 0 Å². The molecule has 1 aromatic carbocycles. The average Bonchev–Trinajstić information content (AvgIpc) is 2.55. The highest BCUT2D eigenvalue weighted by atomic mass is 35.5. The summed E-state index contributed by atoms with van der Waals surface area (Å²) in [6.45, 7) is 0. The van der Waals surface area contributed by atoms with E-state index in [1.54, 1.807) is 0 Å². The summed E-state index contributed by atoms with van der Waals surface area (Å²) in [5.41, 5.74) is 1.32. The molecule has 1 fully saturated rings. The molecule has 0 radical (unpaired) electrons. The molecule has 2 unspecified atom stereocenters. The average molecular weight is 248 g/mol. The van der Waals surface area contributed by atoms with Crippen LogP contribution < -0.4 is 0 Å². The zero-order valence-corrected chi connectivity index (χ0v) is 10.8. The maximum Gasteiger partial charge on any atom is 0.0624 e. The maximum absolute atomic E-state index is 8.95. The Morgan fingerprint density at radius 3 is 2.82 bits per heavy atom. The van der Waals surface area contributed by atoms with Crippen LogP contribution in [0.5, 0.6) is 0 Å². The second-order valence-corrected chi connectivity index (χ2v) is 5.36. The van der Waals surface area contributed by atoms with Gasteiger partial charge in [0.25, 0.3) is 0 Å². The largest absolute Gasteiger partial charge is 0.198 e. The molecule has 1 aliphatic rings. The van der Waals surface area contributed by atoms with E-state index < -0.39 is 0 Å². The Morgan fingerprint density at radius 2 is 2.06 bits per heavy atom. The molecule has 0 spiro atoms. The van der Waals surface area contributed by atoms with Gasteiger partial charge in [-0.3, -0.25) is 0 Å². The third-order valence-corrected chi connectivity index (χ3v) is 4.02. The Morgan fingerprint density at radius 1 is 1.24 bits per heavy atom. The van der Waals surface area contributed by atoms with Gasteiger partial charge in [-0.1, -0.05) is 43.0 Å². The van der Waals surface area contributed by atoms with Crippen molar-refractivity contribution >= 4 is 11.6 Å². The number of rotatable bonds is 2. The molecule has 2 heteroatoms. The van der Waals surface area contributed by atoms with Gasteiger partial charge in [-0.25, -0.2) is 0 Å². The van der Waals surface area contributed by atoms with Crippen LogP contribution in [0, 0.1) is 17.2 Å². The summed E-state index contributed by atoms with van der Waals surface area (Å²) in [5.74, 6) is 1.04. The first-order valence-electron chi connectivity index (χ1n) is 6.43. The van der Waals surface area contributed by atoms with Gasteiger partial charge >= 0.3 is 0 Å². The molecule has 0 aromatic heterocycles. The van der Waals surface area contributed by atoms with Crippen LogP contribution in [0.2, 0.25) is 5.02 Å². The standard InChI is InChI=1S/C15H18ClN/c16-14-7-4-6-13(11-14)15-8-3-1-2-5-12(15)9-10-17/h4,6-7,11-12,15H,1-3,5,8-9H2. The van der Waals surface area contributed by atoms with Crippen molar-refractivity contribution in [3.8, 4) is 6.07 Å². The SMILES string of the molecule is N#CCC1CCCCCC1c1cccc(Cl)c1. The van der Waals surface area contributed by atoms with E-state index in [0.717, 1.165) is 5.02 Å². The second-order valence-electron chi connectivity index (χ2n) is 4.92. The normalized spacial score (nSPS) is 24.9. The van der Waals surface area contributed by atoms with Gasteiger partial charge in [0.2, 0.25) is 0 Å². The lowest BCUT2D eigenvalue weighted by Gasteiger charge is -2.23. The van der Waals surface area contributed by atoms with Crippen LogP contribution in [-0.4, -0.2) is 0 Å². The predicted molar refractivity (Wildman–Crippen MR) is 71.0 cm³/mol. The predicted octanol–water partition coefficient (Wildman–Crippen LogP) is 4.92. The van der Waals surface area contributed by atoms with Crippen molar-refractivity contribution in [2.24, 2.45) is 5.92 Å². The molecule has 0 heterocycles. The van der Waals surface area contributed by atoms with Gasteiger partial charge in [0, 0.05) is 11.4 Å². The number of hydrogen-bond acceptors (Lipinski definition) is 1. The highest BCUT2D eigenvalue weighted by molar-refractivity contribution is 6.30. The van der Waals surface area contributed by atoms with E-state index in [-0.39, 0.29) is 0 Å². The van der Waals surface area contributed by atoms with Crippen LogP contribution in [0.1, 0.15) is 50.0 Å². The molecule has 0 aliphatic heterocycles. The van der Waals surface area contributed by atoms with Crippen LogP contribution in [0.25, 0.3) is 0 Å². The van der Waals surface area contributed by atoms with Gasteiger partial charge in [-0.05, 0) is 42.4 Å². The lowest BCUT2D eigenvalue weighted by molar-refractivity contribution is 0.406. The molecule has 0 N–H and O–H groups in total. The van der Waals surface area contributed by atoms with E-state index in [1.807, 2.05) is 12.1 Å². The van der Waals surface area contributed by atoms with E-state index in [1.165, 1.54) is 37.7 Å². The van der Waals surface area contributed by atoms with E-state index in [4.69, 9.17) is 16.9 Å². The third kappa shape index (κ3) is 3.23. The van der Waals surface area contributed by atoms with Crippen LogP contribution in [0.4, 0.5) is 0 Å². The monoisotopic (exact) mass is 247 g/mol. The molecule has 0 amide bonds. The fraction of sp³-hybridized carbons (Fsp3) is 0.533. The molecular formula is C15H18ClN. The molecule has 1 aliphatic carbocycles. The van der Waals surface area contributed by atoms with E-state index >= 15 is 0 Å². The van der Waals surface area contributed by atoms with Gasteiger partial charge in [0.05, 0.1) is 6.07 Å². The summed E-state index contributed by atoms with van der Waals surface area (Å²) in [5, 5.41) is 9.76. The molecule has 1 aromatic rings. The topological polar surface area (TPSA) is 23.8 Å². The zero-order chi connectivity index (χ0) is 12.1. The fourth-order valence-electron chi connectivity index (χ4n) is 2.92. The van der Waals surface area contributed by atoms with Crippen LogP contribution in [-0.2, 0) is 0 Å². The quantitative estimate of drug-likeness (QED) is 0.681. The van der Waals surface area contributed by atoms with Crippen molar-refractivity contribution in [3.05, 3.63) is 34.9 Å². The first-order chi connectivity index (χ1) is 8.31. The Hall–Kier alpha value is -1.00. The fourth-order valence-corrected chi connectivity index (χ4v) is 3.12. The van der Waals surface area contributed by atoms with E-state index in [2.05, 4.69) is 18.2 Å².